The van der Waals surface area contributed by atoms with Crippen LogP contribution in [0.25, 0.3) is 0 Å². The van der Waals surface area contributed by atoms with E-state index >= 15 is 0 Å². The number of alkyl halides is 3. The molecule has 5 atom stereocenters. The van der Waals surface area contributed by atoms with E-state index in [1.165, 1.54) is 0 Å². The number of fused-ring (bicyclic) bond motifs is 1. The maximum absolute atomic E-state index is 13.8. The molecule has 0 N–H and O–H groups in total. The van der Waals surface area contributed by atoms with Gasteiger partial charge in [0, 0.05) is 36.4 Å². The van der Waals surface area contributed by atoms with Crippen LogP contribution < -0.4 is 0 Å². The third-order valence-electron chi connectivity index (χ3n) is 8.87. The first-order valence-corrected chi connectivity index (χ1v) is 14.0. The Kier molecular flexibility index (Phi) is 5.60. The quantitative estimate of drug-likeness (QED) is 0.302. The van der Waals surface area contributed by atoms with Crippen molar-refractivity contribution in [2.45, 2.75) is 54.8 Å². The molecule has 3 aromatic rings. The van der Waals surface area contributed by atoms with E-state index in [1.54, 1.807) is 0 Å². The van der Waals surface area contributed by atoms with Crippen molar-refractivity contribution in [3.05, 3.63) is 107 Å². The summed E-state index contributed by atoms with van der Waals surface area (Å²) in [5.41, 5.74) is -3.78. The van der Waals surface area contributed by atoms with E-state index in [0.717, 1.165) is 22.3 Å². The van der Waals surface area contributed by atoms with Crippen molar-refractivity contribution < 1.29 is 25.8 Å². The fourth-order valence-electron chi connectivity index (χ4n) is 7.66. The number of nitrogens with zero attached hydrogens (tertiary/aromatic N) is 1. The van der Waals surface area contributed by atoms with E-state index in [9.17, 15) is 21.6 Å². The fourth-order valence-corrected chi connectivity index (χ4v) is 8.43. The topological polar surface area (TPSA) is 46.6 Å². The van der Waals surface area contributed by atoms with E-state index in [-0.39, 0.29) is 12.6 Å². The zero-order valence-electron chi connectivity index (χ0n) is 20.4. The fraction of sp³-hybridized carbons (Fsp3) is 0.379. The summed E-state index contributed by atoms with van der Waals surface area (Å²) >= 11 is 0. The van der Waals surface area contributed by atoms with Crippen LogP contribution in [0.4, 0.5) is 13.2 Å². The number of rotatable bonds is 5. The second kappa shape index (κ2) is 8.41. The van der Waals surface area contributed by atoms with Gasteiger partial charge in [0.15, 0.2) is 0 Å². The highest BCUT2D eigenvalue weighted by atomic mass is 32.2. The van der Waals surface area contributed by atoms with Crippen molar-refractivity contribution in [3.8, 4) is 0 Å². The Morgan fingerprint density at radius 2 is 1.57 bits per heavy atom. The Morgan fingerprint density at radius 3 is 2.24 bits per heavy atom. The van der Waals surface area contributed by atoms with Gasteiger partial charge in [-0.05, 0) is 42.0 Å². The molecule has 0 aromatic heterocycles. The van der Waals surface area contributed by atoms with Gasteiger partial charge in [-0.1, -0.05) is 84.9 Å². The summed E-state index contributed by atoms with van der Waals surface area (Å²) in [6.07, 6.45) is 1.26. The molecule has 1 aliphatic heterocycles. The minimum atomic E-state index is -5.84. The molecule has 8 heteroatoms. The number of hydrogen-bond donors (Lipinski definition) is 0. The van der Waals surface area contributed by atoms with Crippen molar-refractivity contribution in [1.82, 2.24) is 4.90 Å². The summed E-state index contributed by atoms with van der Waals surface area (Å²) in [5.74, 6) is -0.975. The standard InChI is InChI=1S/C29H28F3NO3S/c1-20-26-27(22-12-6-3-7-13-22)17-16-25(23-14-8-9-15-24(23)27)28(26,36-37(34,35)29(30,31)32)19-33(20)18-21-10-4-2-5-11-21/h2-15,20,25-26H,16-19H2,1H3. The molecule has 2 bridgehead atoms. The first-order chi connectivity index (χ1) is 17.6. The molecule has 4 nitrogen and oxygen atoms in total. The molecule has 3 aromatic carbocycles. The molecule has 1 heterocycles. The highest BCUT2D eigenvalue weighted by Crippen LogP contribution is 2.68. The minimum Gasteiger partial charge on any atom is -0.293 e. The van der Waals surface area contributed by atoms with Gasteiger partial charge in [0.25, 0.3) is 0 Å². The van der Waals surface area contributed by atoms with E-state index in [0.29, 0.717) is 19.4 Å². The van der Waals surface area contributed by atoms with Crippen molar-refractivity contribution >= 4 is 10.1 Å². The van der Waals surface area contributed by atoms with Crippen molar-refractivity contribution in [2.75, 3.05) is 6.54 Å². The Hall–Kier alpha value is -2.68. The maximum Gasteiger partial charge on any atom is 0.523 e. The summed E-state index contributed by atoms with van der Waals surface area (Å²) < 4.78 is 72.4. The van der Waals surface area contributed by atoms with E-state index < -0.39 is 38.5 Å². The predicted octanol–water partition coefficient (Wildman–Crippen LogP) is 5.99. The van der Waals surface area contributed by atoms with Crippen LogP contribution in [0.15, 0.2) is 84.9 Å². The molecule has 4 aliphatic rings. The summed E-state index contributed by atoms with van der Waals surface area (Å²) in [6.45, 7) is 2.59. The van der Waals surface area contributed by atoms with Gasteiger partial charge in [0.2, 0.25) is 0 Å². The lowest BCUT2D eigenvalue weighted by atomic mass is 9.45. The van der Waals surface area contributed by atoms with E-state index in [1.807, 2.05) is 85.8 Å². The third kappa shape index (κ3) is 3.52. The molecule has 2 fully saturated rings. The predicted molar refractivity (Wildman–Crippen MR) is 134 cm³/mol. The SMILES string of the molecule is CC1C2C3(c4ccccc4)CCC(c4ccccc43)C2(OS(=O)(=O)C(F)(F)F)CN1Cc1ccccc1. The molecule has 5 unspecified atom stereocenters. The Morgan fingerprint density at radius 1 is 0.946 bits per heavy atom. The highest BCUT2D eigenvalue weighted by molar-refractivity contribution is 7.87. The van der Waals surface area contributed by atoms with Gasteiger partial charge in [-0.3, -0.25) is 9.08 Å². The largest absolute Gasteiger partial charge is 0.523 e. The van der Waals surface area contributed by atoms with Crippen molar-refractivity contribution in [1.29, 1.82) is 0 Å². The Balaban J connectivity index is 1.59. The molecule has 7 rings (SSSR count). The molecule has 0 radical (unpaired) electrons. The van der Waals surface area contributed by atoms with Gasteiger partial charge in [-0.2, -0.15) is 21.6 Å². The van der Waals surface area contributed by atoms with Gasteiger partial charge in [0.1, 0.15) is 5.60 Å². The van der Waals surface area contributed by atoms with Gasteiger partial charge >= 0.3 is 15.6 Å². The number of halogens is 3. The lowest BCUT2D eigenvalue weighted by Gasteiger charge is -2.61. The molecular formula is C29H28F3NO3S. The molecule has 0 spiro atoms. The summed E-state index contributed by atoms with van der Waals surface area (Å²) in [5, 5.41) is 0. The smallest absolute Gasteiger partial charge is 0.293 e. The number of hydrogen-bond acceptors (Lipinski definition) is 4. The van der Waals surface area contributed by atoms with Gasteiger partial charge in [0.05, 0.1) is 0 Å². The van der Waals surface area contributed by atoms with Crippen molar-refractivity contribution in [3.63, 3.8) is 0 Å². The van der Waals surface area contributed by atoms with E-state index in [2.05, 4.69) is 11.0 Å². The lowest BCUT2D eigenvalue weighted by Crippen LogP contribution is -2.64. The molecule has 37 heavy (non-hydrogen) atoms. The van der Waals surface area contributed by atoms with Crippen LogP contribution in [0.5, 0.6) is 0 Å². The number of benzene rings is 3. The molecule has 0 amide bonds. The Labute approximate surface area is 215 Å². The first-order valence-electron chi connectivity index (χ1n) is 12.5. The molecule has 3 aliphatic carbocycles. The second-order valence-electron chi connectivity index (χ2n) is 10.6. The van der Waals surface area contributed by atoms with Gasteiger partial charge < -0.3 is 0 Å². The molecule has 1 saturated heterocycles. The minimum absolute atomic E-state index is 0.0939. The monoisotopic (exact) mass is 527 g/mol. The lowest BCUT2D eigenvalue weighted by molar-refractivity contribution is -0.0936. The van der Waals surface area contributed by atoms with Crippen LogP contribution in [0.2, 0.25) is 0 Å². The van der Waals surface area contributed by atoms with Crippen molar-refractivity contribution in [2.24, 2.45) is 5.92 Å². The van der Waals surface area contributed by atoms with Crippen LogP contribution in [0.1, 0.15) is 47.9 Å². The van der Waals surface area contributed by atoms with E-state index in [4.69, 9.17) is 4.18 Å². The average molecular weight is 528 g/mol. The average Bonchev–Trinajstić information content (AvgIpc) is 3.17. The number of likely N-dealkylation sites (tertiary alicyclic amines) is 1. The maximum atomic E-state index is 13.8. The van der Waals surface area contributed by atoms with Gasteiger partial charge in [-0.15, -0.1) is 0 Å². The summed E-state index contributed by atoms with van der Waals surface area (Å²) in [4.78, 5) is 2.10. The normalized spacial score (nSPS) is 31.2. The highest BCUT2D eigenvalue weighted by Gasteiger charge is 2.72. The summed E-state index contributed by atoms with van der Waals surface area (Å²) in [7, 11) is -5.84. The van der Waals surface area contributed by atoms with Gasteiger partial charge in [-0.25, -0.2) is 0 Å². The van der Waals surface area contributed by atoms with Crippen LogP contribution >= 0.6 is 0 Å². The van der Waals surface area contributed by atoms with Crippen LogP contribution in [0.3, 0.4) is 0 Å². The molecule has 194 valence electrons. The third-order valence-corrected chi connectivity index (χ3v) is 9.96. The molecular weight excluding hydrogens is 499 g/mol. The van der Waals surface area contributed by atoms with Crippen LogP contribution in [-0.4, -0.2) is 37.0 Å². The van der Waals surface area contributed by atoms with Crippen LogP contribution in [0, 0.1) is 5.92 Å². The zero-order chi connectivity index (χ0) is 26.1. The zero-order valence-corrected chi connectivity index (χ0v) is 21.2. The first kappa shape index (κ1) is 24.6. The van der Waals surface area contributed by atoms with Crippen LogP contribution in [-0.2, 0) is 26.3 Å². The Bertz CT molecular complexity index is 1410. The second-order valence-corrected chi connectivity index (χ2v) is 12.1. The molecule has 1 saturated carbocycles. The summed E-state index contributed by atoms with van der Waals surface area (Å²) in [6, 6.07) is 27.1.